The number of nitrogens with zero attached hydrogens (tertiary/aromatic N) is 3. The molecule has 0 aromatic carbocycles. The molecule has 0 N–H and O–H groups in total. The summed E-state index contributed by atoms with van der Waals surface area (Å²) in [6.45, 7) is 10.3. The normalized spacial score (nSPS) is 12.5. The molecule has 8 heteroatoms. The molecule has 0 atom stereocenters. The van der Waals surface area contributed by atoms with Crippen LogP contribution in [-0.2, 0) is 9.47 Å². The van der Waals surface area contributed by atoms with Gasteiger partial charge in [0.15, 0.2) is 0 Å². The molecule has 0 saturated carbocycles. The minimum atomic E-state index is -2.52. The van der Waals surface area contributed by atoms with Crippen molar-refractivity contribution in [2.24, 2.45) is 0 Å². The number of ether oxygens (including phenoxy) is 2. The zero-order chi connectivity index (χ0) is 19.6. The van der Waals surface area contributed by atoms with Gasteiger partial charge in [-0.05, 0) is 0 Å². The molecule has 1 aromatic rings. The number of carbonyl (C=O) groups excluding carboxylic acids is 2. The van der Waals surface area contributed by atoms with Gasteiger partial charge in [-0.1, -0.05) is 0 Å². The molecular formula is C17H29N3O4Sn. The van der Waals surface area contributed by atoms with E-state index in [0.29, 0.717) is 0 Å². The molecule has 0 saturated heterocycles. The Bertz CT molecular complexity index is 615. The second-order valence-electron chi connectivity index (χ2n) is 8.79. The first-order valence-corrected chi connectivity index (χ1v) is 18.2. The van der Waals surface area contributed by atoms with E-state index in [1.165, 1.54) is 0 Å². The maximum absolute atomic E-state index is 12.6. The summed E-state index contributed by atoms with van der Waals surface area (Å²) in [4.78, 5) is 41.1. The number of anilines is 1. The fourth-order valence-corrected chi connectivity index (χ4v) is 4.61. The third-order valence-corrected chi connectivity index (χ3v) is 7.94. The van der Waals surface area contributed by atoms with Gasteiger partial charge in [0.25, 0.3) is 0 Å². The van der Waals surface area contributed by atoms with Gasteiger partial charge in [-0.2, -0.15) is 0 Å². The summed E-state index contributed by atoms with van der Waals surface area (Å²) in [7, 11) is 0. The number of amides is 2. The van der Waals surface area contributed by atoms with Crippen LogP contribution in [0.15, 0.2) is 12.3 Å². The van der Waals surface area contributed by atoms with E-state index in [0.717, 1.165) is 8.61 Å². The van der Waals surface area contributed by atoms with Crippen LogP contribution in [0.25, 0.3) is 0 Å². The summed E-state index contributed by atoms with van der Waals surface area (Å²) < 4.78 is 11.6. The molecule has 0 aliphatic carbocycles. The van der Waals surface area contributed by atoms with Crippen molar-refractivity contribution in [1.82, 2.24) is 9.97 Å². The van der Waals surface area contributed by atoms with E-state index >= 15 is 0 Å². The van der Waals surface area contributed by atoms with Crippen LogP contribution in [0.2, 0.25) is 14.8 Å². The zero-order valence-electron chi connectivity index (χ0n) is 16.6. The molecule has 0 radical (unpaired) electrons. The van der Waals surface area contributed by atoms with Crippen LogP contribution in [0, 0.1) is 0 Å². The van der Waals surface area contributed by atoms with E-state index in [1.54, 1.807) is 47.7 Å². The first kappa shape index (κ1) is 21.7. The molecule has 2 amide bonds. The average Bonchev–Trinajstić information content (AvgIpc) is 2.33. The van der Waals surface area contributed by atoms with Gasteiger partial charge in [-0.25, -0.2) is 0 Å². The minimum absolute atomic E-state index is 0.0207. The van der Waals surface area contributed by atoms with Gasteiger partial charge in [0.2, 0.25) is 0 Å². The van der Waals surface area contributed by atoms with Crippen molar-refractivity contribution in [1.29, 1.82) is 0 Å². The van der Waals surface area contributed by atoms with E-state index in [1.807, 2.05) is 6.07 Å². The second-order valence-corrected chi connectivity index (χ2v) is 23.1. The second kappa shape index (κ2) is 7.47. The van der Waals surface area contributed by atoms with E-state index < -0.39 is 41.8 Å². The maximum atomic E-state index is 12.6. The molecule has 1 aromatic heterocycles. The van der Waals surface area contributed by atoms with Crippen LogP contribution in [0.4, 0.5) is 15.5 Å². The van der Waals surface area contributed by atoms with Crippen molar-refractivity contribution >= 4 is 40.2 Å². The summed E-state index contributed by atoms with van der Waals surface area (Å²) in [5.74, 6) is -0.0207. The number of carbonyl (C=O) groups is 2. The number of rotatable bonds is 2. The zero-order valence-corrected chi connectivity index (χ0v) is 19.5. The summed E-state index contributed by atoms with van der Waals surface area (Å²) in [6, 6.07) is 1.84. The molecule has 0 bridgehead atoms. The standard InChI is InChI=1S/C14H20N3O4.3CH3.Sn/c1-13(2,3)20-11(18)17(10-15-8-7-9-16-10)12(19)21-14(4,5)6;;;;/h7-8H,1-6H3;3*1H3;. The Morgan fingerprint density at radius 1 is 0.960 bits per heavy atom. The molecule has 7 nitrogen and oxygen atoms in total. The van der Waals surface area contributed by atoms with Crippen LogP contribution in [0.5, 0.6) is 0 Å². The molecule has 1 rings (SSSR count). The molecule has 0 unspecified atom stereocenters. The van der Waals surface area contributed by atoms with Gasteiger partial charge in [-0.15, -0.1) is 0 Å². The Balaban J connectivity index is 3.32. The Hall–Kier alpha value is -1.38. The van der Waals surface area contributed by atoms with Gasteiger partial charge in [0.05, 0.1) is 0 Å². The monoisotopic (exact) mass is 459 g/mol. The van der Waals surface area contributed by atoms with Crippen LogP contribution in [-0.4, -0.2) is 51.7 Å². The van der Waals surface area contributed by atoms with Crippen molar-refractivity contribution in [2.75, 3.05) is 4.90 Å². The number of hydrogen-bond donors (Lipinski definition) is 0. The third-order valence-electron chi connectivity index (χ3n) is 2.76. The van der Waals surface area contributed by atoms with Gasteiger partial charge >= 0.3 is 154 Å². The number of imide groups is 1. The van der Waals surface area contributed by atoms with Crippen LogP contribution < -0.4 is 8.61 Å². The van der Waals surface area contributed by atoms with E-state index in [-0.39, 0.29) is 5.95 Å². The van der Waals surface area contributed by atoms with Gasteiger partial charge < -0.3 is 0 Å². The predicted molar refractivity (Wildman–Crippen MR) is 100.0 cm³/mol. The van der Waals surface area contributed by atoms with Crippen LogP contribution >= 0.6 is 0 Å². The quantitative estimate of drug-likeness (QED) is 0.629. The Morgan fingerprint density at radius 2 is 1.40 bits per heavy atom. The first-order valence-electron chi connectivity index (χ1n) is 8.20. The fourth-order valence-electron chi connectivity index (χ4n) is 1.73. The molecule has 0 aliphatic heterocycles. The summed E-state index contributed by atoms with van der Waals surface area (Å²) in [5, 5.41) is 0. The predicted octanol–water partition coefficient (Wildman–Crippen LogP) is 3.70. The summed E-state index contributed by atoms with van der Waals surface area (Å²) >= 11 is -2.52. The molecule has 1 heterocycles. The average molecular weight is 458 g/mol. The Labute approximate surface area is 154 Å². The van der Waals surface area contributed by atoms with Crippen molar-refractivity contribution in [3.05, 3.63) is 12.3 Å². The van der Waals surface area contributed by atoms with Gasteiger partial charge in [0, 0.05) is 0 Å². The van der Waals surface area contributed by atoms with Crippen LogP contribution in [0.3, 0.4) is 0 Å². The number of hydrogen-bond acceptors (Lipinski definition) is 6. The van der Waals surface area contributed by atoms with Crippen LogP contribution in [0.1, 0.15) is 41.5 Å². The third kappa shape index (κ3) is 7.17. The molecule has 25 heavy (non-hydrogen) atoms. The van der Waals surface area contributed by atoms with Crippen molar-refractivity contribution in [3.8, 4) is 0 Å². The van der Waals surface area contributed by atoms with Crippen molar-refractivity contribution in [2.45, 2.75) is 67.6 Å². The molecule has 140 valence electrons. The molecule has 0 aliphatic rings. The Morgan fingerprint density at radius 3 is 1.76 bits per heavy atom. The van der Waals surface area contributed by atoms with E-state index in [4.69, 9.17) is 9.47 Å². The van der Waals surface area contributed by atoms with E-state index in [2.05, 4.69) is 24.8 Å². The molecular weight excluding hydrogens is 429 g/mol. The SMILES string of the molecule is CC(C)(C)OC(=O)N(C(=O)OC(C)(C)C)c1ncc[c]([Sn]([CH3])([CH3])[CH3])n1. The fraction of sp³-hybridized carbons (Fsp3) is 0.647. The molecule has 0 spiro atoms. The summed E-state index contributed by atoms with van der Waals surface area (Å²) in [6.07, 6.45) is -0.160. The van der Waals surface area contributed by atoms with Gasteiger partial charge in [-0.3, -0.25) is 0 Å². The molecule has 0 fully saturated rings. The summed E-state index contributed by atoms with van der Waals surface area (Å²) in [5.41, 5.74) is -1.53. The van der Waals surface area contributed by atoms with E-state index in [9.17, 15) is 9.59 Å². The topological polar surface area (TPSA) is 81.6 Å². The first-order chi connectivity index (χ1) is 11.1. The van der Waals surface area contributed by atoms with Crippen molar-refractivity contribution < 1.29 is 19.1 Å². The van der Waals surface area contributed by atoms with Gasteiger partial charge in [0.1, 0.15) is 0 Å². The number of aromatic nitrogens is 2. The Kier molecular flexibility index (Phi) is 6.47. The van der Waals surface area contributed by atoms with Crippen molar-refractivity contribution in [3.63, 3.8) is 0 Å².